The Morgan fingerprint density at radius 2 is 1.75 bits per heavy atom. The molecule has 0 saturated heterocycles. The van der Waals surface area contributed by atoms with Gasteiger partial charge in [-0.05, 0) is 30.0 Å². The molecule has 0 radical (unpaired) electrons. The summed E-state index contributed by atoms with van der Waals surface area (Å²) in [4.78, 5) is 36.6. The van der Waals surface area contributed by atoms with E-state index in [1.807, 2.05) is 0 Å². The molecule has 1 aromatic rings. The second-order valence-corrected chi connectivity index (χ2v) is 9.00. The minimum Gasteiger partial charge on any atom is -0.350 e. The monoisotopic (exact) mass is 410 g/mol. The van der Waals surface area contributed by atoms with Crippen LogP contribution in [0.25, 0.3) is 0 Å². The Bertz CT molecular complexity index is 832. The summed E-state index contributed by atoms with van der Waals surface area (Å²) >= 11 is 0. The number of urea groups is 2. The number of imide groups is 1. The highest BCUT2D eigenvalue weighted by molar-refractivity contribution is 7.90. The van der Waals surface area contributed by atoms with E-state index in [2.05, 4.69) is 10.7 Å². The lowest BCUT2D eigenvalue weighted by Gasteiger charge is -2.27. The smallest absolute Gasteiger partial charge is 0.343 e. The molecule has 28 heavy (non-hydrogen) atoms. The first-order valence-corrected chi connectivity index (χ1v) is 10.9. The van der Waals surface area contributed by atoms with Gasteiger partial charge >= 0.3 is 12.1 Å². The van der Waals surface area contributed by atoms with Crippen molar-refractivity contribution in [1.29, 1.82) is 0 Å². The molecule has 1 unspecified atom stereocenters. The molecule has 1 saturated carbocycles. The number of nitrogens with zero attached hydrogens (tertiary/aromatic N) is 1. The maximum atomic E-state index is 13.1. The van der Waals surface area contributed by atoms with Crippen molar-refractivity contribution >= 4 is 27.8 Å². The molecule has 4 N–H and O–H groups in total. The highest BCUT2D eigenvalue weighted by atomic mass is 32.2. The van der Waals surface area contributed by atoms with Gasteiger partial charge in [0.15, 0.2) is 9.84 Å². The fourth-order valence-electron chi connectivity index (χ4n) is 3.49. The van der Waals surface area contributed by atoms with Gasteiger partial charge in [0, 0.05) is 13.3 Å². The average Bonchev–Trinajstić information content (AvgIpc) is 3.15. The molecule has 0 bridgehead atoms. The van der Waals surface area contributed by atoms with Crippen molar-refractivity contribution in [3.63, 3.8) is 0 Å². The molecule has 154 valence electrons. The minimum absolute atomic E-state index is 0.140. The van der Waals surface area contributed by atoms with E-state index in [1.165, 1.54) is 19.2 Å². The van der Waals surface area contributed by atoms with Crippen LogP contribution in [0.1, 0.15) is 43.6 Å². The normalized spacial score (nSPS) is 15.6. The van der Waals surface area contributed by atoms with Gasteiger partial charge in [-0.2, -0.15) is 5.01 Å². The molecule has 5 amide bonds. The van der Waals surface area contributed by atoms with Crippen LogP contribution in [-0.4, -0.2) is 44.7 Å². The summed E-state index contributed by atoms with van der Waals surface area (Å²) in [5.74, 6) is -1.04. The molecular weight excluding hydrogens is 384 g/mol. The van der Waals surface area contributed by atoms with Crippen LogP contribution in [0.2, 0.25) is 0 Å². The van der Waals surface area contributed by atoms with Crippen LogP contribution in [0, 0.1) is 5.92 Å². The molecule has 0 aliphatic heterocycles. The highest BCUT2D eigenvalue weighted by Gasteiger charge is 2.33. The summed E-state index contributed by atoms with van der Waals surface area (Å²) in [6.07, 6.45) is 5.72. The van der Waals surface area contributed by atoms with Gasteiger partial charge < -0.3 is 11.1 Å². The van der Waals surface area contributed by atoms with Crippen LogP contribution in [0.5, 0.6) is 0 Å². The maximum absolute atomic E-state index is 13.1. The number of rotatable bonds is 5. The molecule has 9 nitrogen and oxygen atoms in total. The van der Waals surface area contributed by atoms with Crippen LogP contribution in [-0.2, 0) is 14.6 Å². The van der Waals surface area contributed by atoms with Gasteiger partial charge in [0.1, 0.15) is 0 Å². The fourth-order valence-corrected chi connectivity index (χ4v) is 4.12. The molecular formula is C18H26N4O5S. The summed E-state index contributed by atoms with van der Waals surface area (Å²) in [5.41, 5.74) is 7.73. The predicted molar refractivity (Wildman–Crippen MR) is 103 cm³/mol. The zero-order chi connectivity index (χ0) is 20.9. The first-order valence-electron chi connectivity index (χ1n) is 9.05. The minimum atomic E-state index is -3.37. The second-order valence-electron chi connectivity index (χ2n) is 6.98. The zero-order valence-electron chi connectivity index (χ0n) is 16.0. The molecule has 2 rings (SSSR count). The summed E-state index contributed by atoms with van der Waals surface area (Å²) in [6, 6.07) is 4.16. The molecule has 1 aromatic carbocycles. The number of carbonyl (C=O) groups excluding carboxylic acids is 3. The van der Waals surface area contributed by atoms with Gasteiger partial charge in [0.25, 0.3) is 5.91 Å². The van der Waals surface area contributed by atoms with Crippen molar-refractivity contribution < 1.29 is 22.8 Å². The highest BCUT2D eigenvalue weighted by Crippen LogP contribution is 2.35. The Labute approximate surface area is 164 Å². The van der Waals surface area contributed by atoms with Crippen LogP contribution in [0.15, 0.2) is 29.2 Å². The average molecular weight is 410 g/mol. The Morgan fingerprint density at radius 3 is 2.21 bits per heavy atom. The van der Waals surface area contributed by atoms with Crippen LogP contribution < -0.4 is 16.5 Å². The second kappa shape index (κ2) is 9.05. The summed E-state index contributed by atoms with van der Waals surface area (Å²) in [6.45, 7) is 0. The Hall–Kier alpha value is -2.62. The van der Waals surface area contributed by atoms with E-state index in [-0.39, 0.29) is 4.90 Å². The number of hydrogen-bond donors (Lipinski definition) is 3. The molecule has 0 spiro atoms. The number of hydrogen-bond acceptors (Lipinski definition) is 5. The molecule has 10 heteroatoms. The number of primary amides is 1. The third-order valence-electron chi connectivity index (χ3n) is 4.91. The van der Waals surface area contributed by atoms with Crippen molar-refractivity contribution in [2.45, 2.75) is 42.9 Å². The Kier molecular flexibility index (Phi) is 7.00. The SMILES string of the molecule is CNC(=O)N(NC(N)=O)C(=O)C(CC1CCCC1)c1ccc(S(C)(=O)=O)cc1. The Morgan fingerprint density at radius 1 is 1.18 bits per heavy atom. The summed E-state index contributed by atoms with van der Waals surface area (Å²) in [5, 5.41) is 2.87. The van der Waals surface area contributed by atoms with Crippen LogP contribution >= 0.6 is 0 Å². The topological polar surface area (TPSA) is 139 Å². The van der Waals surface area contributed by atoms with Crippen molar-refractivity contribution in [2.24, 2.45) is 11.7 Å². The summed E-state index contributed by atoms with van der Waals surface area (Å²) < 4.78 is 23.4. The molecule has 0 aromatic heterocycles. The van der Waals surface area contributed by atoms with E-state index in [4.69, 9.17) is 5.73 Å². The van der Waals surface area contributed by atoms with Crippen molar-refractivity contribution in [2.75, 3.05) is 13.3 Å². The van der Waals surface area contributed by atoms with E-state index >= 15 is 0 Å². The number of nitrogens with two attached hydrogens (primary N) is 1. The van der Waals surface area contributed by atoms with Crippen LogP contribution in [0.3, 0.4) is 0 Å². The molecule has 0 heterocycles. The van der Waals surface area contributed by atoms with Crippen molar-refractivity contribution in [3.8, 4) is 0 Å². The third-order valence-corrected chi connectivity index (χ3v) is 6.04. The standard InChI is InChI=1S/C18H26N4O5S/c1-20-18(25)22(21-17(19)24)16(23)15(11-12-5-3-4-6-12)13-7-9-14(10-8-13)28(2,26)27/h7-10,12,15H,3-6,11H2,1-2H3,(H,20,25)(H3,19,21,24). The fraction of sp³-hybridized carbons (Fsp3) is 0.500. The molecule has 1 aliphatic carbocycles. The lowest BCUT2D eigenvalue weighted by atomic mass is 9.87. The van der Waals surface area contributed by atoms with Gasteiger partial charge in [-0.25, -0.2) is 23.4 Å². The molecule has 1 aliphatic rings. The first-order chi connectivity index (χ1) is 13.1. The maximum Gasteiger partial charge on any atom is 0.343 e. The van der Waals surface area contributed by atoms with Gasteiger partial charge in [-0.1, -0.05) is 37.8 Å². The van der Waals surface area contributed by atoms with Crippen molar-refractivity contribution in [1.82, 2.24) is 15.8 Å². The lowest BCUT2D eigenvalue weighted by Crippen LogP contribution is -2.56. The molecule has 1 atom stereocenters. The number of benzene rings is 1. The van der Waals surface area contributed by atoms with E-state index in [0.717, 1.165) is 31.9 Å². The third kappa shape index (κ3) is 5.44. The van der Waals surface area contributed by atoms with E-state index in [0.29, 0.717) is 22.9 Å². The van der Waals surface area contributed by atoms with Gasteiger partial charge in [-0.3, -0.25) is 4.79 Å². The van der Waals surface area contributed by atoms with Crippen molar-refractivity contribution in [3.05, 3.63) is 29.8 Å². The number of nitrogens with one attached hydrogen (secondary N) is 2. The van der Waals surface area contributed by atoms with Gasteiger partial charge in [0.2, 0.25) is 0 Å². The van der Waals surface area contributed by atoms with E-state index in [9.17, 15) is 22.8 Å². The Balaban J connectivity index is 2.38. The number of hydrazine groups is 1. The summed E-state index contributed by atoms with van der Waals surface area (Å²) in [7, 11) is -2.04. The quantitative estimate of drug-likeness (QED) is 0.632. The first kappa shape index (κ1) is 21.7. The van der Waals surface area contributed by atoms with Gasteiger partial charge in [0.05, 0.1) is 10.8 Å². The zero-order valence-corrected chi connectivity index (χ0v) is 16.8. The largest absolute Gasteiger partial charge is 0.350 e. The van der Waals surface area contributed by atoms with E-state index in [1.54, 1.807) is 12.1 Å². The van der Waals surface area contributed by atoms with Gasteiger partial charge in [-0.15, -0.1) is 0 Å². The predicted octanol–water partition coefficient (Wildman–Crippen LogP) is 1.51. The number of carbonyl (C=O) groups is 3. The van der Waals surface area contributed by atoms with E-state index < -0.39 is 33.7 Å². The number of amides is 5. The lowest BCUT2D eigenvalue weighted by molar-refractivity contribution is -0.132. The number of sulfone groups is 1. The molecule has 1 fully saturated rings. The van der Waals surface area contributed by atoms with Crippen LogP contribution in [0.4, 0.5) is 9.59 Å².